The van der Waals surface area contributed by atoms with Gasteiger partial charge in [-0.05, 0) is 62.0 Å². The molecule has 4 saturated heterocycles. The van der Waals surface area contributed by atoms with Crippen molar-refractivity contribution in [2.75, 3.05) is 39.5 Å². The molecule has 8 nitrogen and oxygen atoms in total. The maximum absolute atomic E-state index is 5.98. The Kier molecular flexibility index (Phi) is 11.4. The van der Waals surface area contributed by atoms with E-state index in [2.05, 4.69) is 57.0 Å². The summed E-state index contributed by atoms with van der Waals surface area (Å²) in [6, 6.07) is 5.15. The van der Waals surface area contributed by atoms with Crippen molar-refractivity contribution in [2.24, 2.45) is 0 Å². The maximum Gasteiger partial charge on any atom is 0.138 e. The SMILES string of the molecule is C(=C[C@@H]1CCCN1)c1cncc(OC2CCOCC2)c1.C(=C[C@H]1CCCN1)c1cncc(OC2CCOCC2)c1. The van der Waals surface area contributed by atoms with Gasteiger partial charge in [-0.25, -0.2) is 0 Å². The van der Waals surface area contributed by atoms with Crippen LogP contribution in [0.2, 0.25) is 0 Å². The third-order valence-corrected chi connectivity index (χ3v) is 7.65. The Labute approximate surface area is 238 Å². The van der Waals surface area contributed by atoms with Crippen molar-refractivity contribution in [1.82, 2.24) is 20.6 Å². The highest BCUT2D eigenvalue weighted by Crippen LogP contribution is 2.20. The van der Waals surface area contributed by atoms with Crippen LogP contribution >= 0.6 is 0 Å². The van der Waals surface area contributed by atoms with Crippen molar-refractivity contribution in [2.45, 2.75) is 75.7 Å². The first-order chi connectivity index (χ1) is 19.8. The van der Waals surface area contributed by atoms with E-state index in [0.717, 1.165) is 87.8 Å². The minimum atomic E-state index is 0.265. The van der Waals surface area contributed by atoms with Gasteiger partial charge >= 0.3 is 0 Å². The van der Waals surface area contributed by atoms with Gasteiger partial charge in [-0.15, -0.1) is 0 Å². The molecular formula is C32H44N4O4. The second kappa shape index (κ2) is 15.9. The molecule has 0 aromatic carbocycles. The van der Waals surface area contributed by atoms with Crippen molar-refractivity contribution in [1.29, 1.82) is 0 Å². The number of hydrogen-bond acceptors (Lipinski definition) is 8. The fourth-order valence-electron chi connectivity index (χ4n) is 5.36. The quantitative estimate of drug-likeness (QED) is 0.486. The molecule has 6 rings (SSSR count). The Hall–Kier alpha value is -2.78. The second-order valence-electron chi connectivity index (χ2n) is 10.9. The Morgan fingerprint density at radius 3 is 1.48 bits per heavy atom. The summed E-state index contributed by atoms with van der Waals surface area (Å²) in [4.78, 5) is 8.53. The molecule has 2 N–H and O–H groups in total. The van der Waals surface area contributed by atoms with Crippen LogP contribution in [0.3, 0.4) is 0 Å². The Bertz CT molecular complexity index is 985. The Morgan fingerprint density at radius 2 is 1.07 bits per heavy atom. The van der Waals surface area contributed by atoms with Gasteiger partial charge in [-0.3, -0.25) is 9.97 Å². The Morgan fingerprint density at radius 1 is 0.625 bits per heavy atom. The molecule has 0 aliphatic carbocycles. The summed E-state index contributed by atoms with van der Waals surface area (Å²) < 4.78 is 22.6. The highest BCUT2D eigenvalue weighted by Gasteiger charge is 2.17. The monoisotopic (exact) mass is 548 g/mol. The summed E-state index contributed by atoms with van der Waals surface area (Å²) >= 11 is 0. The first kappa shape index (κ1) is 28.7. The van der Waals surface area contributed by atoms with Crippen LogP contribution in [0.1, 0.15) is 62.5 Å². The average Bonchev–Trinajstić information content (AvgIpc) is 3.72. The topological polar surface area (TPSA) is 86.8 Å². The van der Waals surface area contributed by atoms with E-state index in [1.165, 1.54) is 25.7 Å². The van der Waals surface area contributed by atoms with Crippen LogP contribution in [0, 0.1) is 0 Å². The average molecular weight is 549 g/mol. The molecule has 6 heterocycles. The zero-order valence-electron chi connectivity index (χ0n) is 23.5. The first-order valence-electron chi connectivity index (χ1n) is 15.0. The second-order valence-corrected chi connectivity index (χ2v) is 10.9. The molecule has 0 unspecified atom stereocenters. The summed E-state index contributed by atoms with van der Waals surface area (Å²) in [5.41, 5.74) is 2.20. The van der Waals surface area contributed by atoms with Crippen LogP contribution in [0.4, 0.5) is 0 Å². The standard InChI is InChI=1S/2C16H22N2O2/c2*1-2-14(18-7-1)4-3-13-10-16(12-17-11-13)20-15-5-8-19-9-6-15/h2*3-4,10-12,14-15,18H,1-2,5-9H2/t2*14-/m10/s1. The fraction of sp³-hybridized carbons (Fsp3) is 0.562. The zero-order chi connectivity index (χ0) is 27.2. The van der Waals surface area contributed by atoms with E-state index < -0.39 is 0 Å². The molecule has 216 valence electrons. The largest absolute Gasteiger partial charge is 0.489 e. The molecule has 40 heavy (non-hydrogen) atoms. The fourth-order valence-corrected chi connectivity index (χ4v) is 5.36. The summed E-state index contributed by atoms with van der Waals surface area (Å²) in [6.45, 7) is 5.44. The van der Waals surface area contributed by atoms with Crippen LogP contribution in [0.25, 0.3) is 12.2 Å². The molecule has 0 amide bonds. The number of nitrogens with zero attached hydrogens (tertiary/aromatic N) is 2. The predicted molar refractivity (Wildman–Crippen MR) is 158 cm³/mol. The lowest BCUT2D eigenvalue weighted by Crippen LogP contribution is -2.25. The number of rotatable bonds is 8. The van der Waals surface area contributed by atoms with Crippen molar-refractivity contribution >= 4 is 12.2 Å². The van der Waals surface area contributed by atoms with Gasteiger partial charge in [0.1, 0.15) is 23.7 Å². The van der Waals surface area contributed by atoms with Crippen LogP contribution in [0.15, 0.2) is 49.1 Å². The van der Waals surface area contributed by atoms with E-state index >= 15 is 0 Å². The molecule has 0 saturated carbocycles. The smallest absolute Gasteiger partial charge is 0.138 e. The minimum Gasteiger partial charge on any atom is -0.489 e. The van der Waals surface area contributed by atoms with E-state index in [-0.39, 0.29) is 12.2 Å². The third-order valence-electron chi connectivity index (χ3n) is 7.65. The van der Waals surface area contributed by atoms with Crippen LogP contribution in [0.5, 0.6) is 11.5 Å². The van der Waals surface area contributed by atoms with Crippen molar-refractivity contribution in [3.63, 3.8) is 0 Å². The number of ether oxygens (including phenoxy) is 4. The summed E-state index contributed by atoms with van der Waals surface area (Å²) in [5, 5.41) is 6.91. The lowest BCUT2D eigenvalue weighted by molar-refractivity contribution is 0.0252. The number of nitrogens with one attached hydrogen (secondary N) is 2. The molecule has 0 radical (unpaired) electrons. The normalized spacial score (nSPS) is 24.3. The molecule has 2 atom stereocenters. The lowest BCUT2D eigenvalue weighted by Gasteiger charge is -2.23. The Balaban J connectivity index is 0.000000161. The lowest BCUT2D eigenvalue weighted by atomic mass is 10.1. The molecule has 4 aliphatic rings. The molecular weight excluding hydrogens is 504 g/mol. The molecule has 4 aliphatic heterocycles. The molecule has 2 aromatic rings. The van der Waals surface area contributed by atoms with Crippen LogP contribution < -0.4 is 20.1 Å². The van der Waals surface area contributed by atoms with E-state index in [1.54, 1.807) is 12.4 Å². The van der Waals surface area contributed by atoms with Crippen molar-refractivity contribution in [3.8, 4) is 11.5 Å². The van der Waals surface area contributed by atoms with Gasteiger partial charge in [0.15, 0.2) is 0 Å². The molecule has 0 spiro atoms. The van der Waals surface area contributed by atoms with Gasteiger partial charge in [-0.2, -0.15) is 0 Å². The van der Waals surface area contributed by atoms with E-state index in [1.807, 2.05) is 12.4 Å². The summed E-state index contributed by atoms with van der Waals surface area (Å²) in [7, 11) is 0. The van der Waals surface area contributed by atoms with Crippen LogP contribution in [-0.4, -0.2) is 73.8 Å². The van der Waals surface area contributed by atoms with Gasteiger partial charge in [-0.1, -0.05) is 24.3 Å². The van der Waals surface area contributed by atoms with Crippen LogP contribution in [-0.2, 0) is 9.47 Å². The number of pyridine rings is 2. The zero-order valence-corrected chi connectivity index (χ0v) is 23.5. The number of aromatic nitrogens is 2. The van der Waals surface area contributed by atoms with Gasteiger partial charge in [0, 0.05) is 50.2 Å². The van der Waals surface area contributed by atoms with E-state index in [0.29, 0.717) is 12.1 Å². The minimum absolute atomic E-state index is 0.265. The van der Waals surface area contributed by atoms with Gasteiger partial charge in [0.25, 0.3) is 0 Å². The maximum atomic E-state index is 5.98. The molecule has 0 bridgehead atoms. The molecule has 8 heteroatoms. The summed E-state index contributed by atoms with van der Waals surface area (Å²) in [5.74, 6) is 1.72. The predicted octanol–water partition coefficient (Wildman–Crippen LogP) is 4.81. The van der Waals surface area contributed by atoms with Crippen molar-refractivity contribution in [3.05, 3.63) is 60.2 Å². The third kappa shape index (κ3) is 9.70. The molecule has 2 aromatic heterocycles. The molecule has 4 fully saturated rings. The van der Waals surface area contributed by atoms with Gasteiger partial charge in [0.05, 0.1) is 38.8 Å². The van der Waals surface area contributed by atoms with E-state index in [4.69, 9.17) is 18.9 Å². The highest BCUT2D eigenvalue weighted by molar-refractivity contribution is 5.51. The van der Waals surface area contributed by atoms with Gasteiger partial charge < -0.3 is 29.6 Å². The first-order valence-corrected chi connectivity index (χ1v) is 15.0. The van der Waals surface area contributed by atoms with Gasteiger partial charge in [0.2, 0.25) is 0 Å². The summed E-state index contributed by atoms with van der Waals surface area (Å²) in [6.07, 6.45) is 25.4. The van der Waals surface area contributed by atoms with E-state index in [9.17, 15) is 0 Å². The number of hydrogen-bond donors (Lipinski definition) is 2. The van der Waals surface area contributed by atoms with Crippen molar-refractivity contribution < 1.29 is 18.9 Å². The highest BCUT2D eigenvalue weighted by atomic mass is 16.5.